The molecule has 1 N–H and O–H groups in total. The van der Waals surface area contributed by atoms with Crippen LogP contribution in [0.3, 0.4) is 0 Å². The number of aryl methyl sites for hydroxylation is 1. The molecule has 3 nitrogen and oxygen atoms in total. The van der Waals surface area contributed by atoms with Gasteiger partial charge in [0.05, 0.1) is 17.3 Å². The first kappa shape index (κ1) is 12.3. The number of rotatable bonds is 3. The lowest BCUT2D eigenvalue weighted by atomic mass is 10.3. The fraction of sp³-hybridized carbons (Fsp3) is 0.167. The molecular formula is C12H11BrClN3. The number of aromatic nitrogens is 2. The van der Waals surface area contributed by atoms with Crippen LogP contribution in [-0.4, -0.2) is 9.97 Å². The number of benzene rings is 1. The lowest BCUT2D eigenvalue weighted by molar-refractivity contribution is 0.955. The molecule has 0 spiro atoms. The van der Waals surface area contributed by atoms with Crippen LogP contribution in [0.15, 0.2) is 34.9 Å². The highest BCUT2D eigenvalue weighted by atomic mass is 79.9. The quantitative estimate of drug-likeness (QED) is 0.936. The maximum Gasteiger partial charge on any atom is 0.125 e. The molecule has 0 fully saturated rings. The zero-order chi connectivity index (χ0) is 12.3. The molecule has 17 heavy (non-hydrogen) atoms. The van der Waals surface area contributed by atoms with Gasteiger partial charge in [-0.1, -0.05) is 11.6 Å². The molecule has 2 aromatic rings. The maximum atomic E-state index is 6.01. The molecule has 0 aliphatic carbocycles. The van der Waals surface area contributed by atoms with Gasteiger partial charge in [-0.05, 0) is 47.1 Å². The summed E-state index contributed by atoms with van der Waals surface area (Å²) in [5, 5.41) is 3.95. The monoisotopic (exact) mass is 311 g/mol. The third-order valence-corrected chi connectivity index (χ3v) is 3.46. The lowest BCUT2D eigenvalue weighted by Crippen LogP contribution is -2.03. The normalized spacial score (nSPS) is 10.3. The number of hydrogen-bond donors (Lipinski definition) is 1. The van der Waals surface area contributed by atoms with Gasteiger partial charge in [0, 0.05) is 16.4 Å². The van der Waals surface area contributed by atoms with E-state index in [0.29, 0.717) is 11.6 Å². The van der Waals surface area contributed by atoms with Crippen LogP contribution in [0.25, 0.3) is 0 Å². The van der Waals surface area contributed by atoms with Crippen molar-refractivity contribution < 1.29 is 0 Å². The Morgan fingerprint density at radius 1 is 1.35 bits per heavy atom. The lowest BCUT2D eigenvalue weighted by Gasteiger charge is -2.07. The Morgan fingerprint density at radius 2 is 2.18 bits per heavy atom. The fourth-order valence-electron chi connectivity index (χ4n) is 1.40. The summed E-state index contributed by atoms with van der Waals surface area (Å²) in [5.41, 5.74) is 1.92. The van der Waals surface area contributed by atoms with Crippen LogP contribution < -0.4 is 5.32 Å². The first-order chi connectivity index (χ1) is 8.15. The Hall–Kier alpha value is -1.13. The standard InChI is InChI=1S/C12H11BrClN3/c1-8-15-5-4-10(17-8)7-16-9-2-3-11(13)12(14)6-9/h2-6,16H,7H2,1H3. The molecule has 2 rings (SSSR count). The summed E-state index contributed by atoms with van der Waals surface area (Å²) in [5.74, 6) is 0.776. The summed E-state index contributed by atoms with van der Waals surface area (Å²) in [6.07, 6.45) is 1.76. The molecule has 88 valence electrons. The van der Waals surface area contributed by atoms with Gasteiger partial charge in [-0.15, -0.1) is 0 Å². The van der Waals surface area contributed by atoms with E-state index in [1.807, 2.05) is 31.2 Å². The van der Waals surface area contributed by atoms with Crippen LogP contribution in [0.5, 0.6) is 0 Å². The van der Waals surface area contributed by atoms with Gasteiger partial charge in [-0.3, -0.25) is 0 Å². The van der Waals surface area contributed by atoms with Gasteiger partial charge in [-0.2, -0.15) is 0 Å². The SMILES string of the molecule is Cc1nccc(CNc2ccc(Br)c(Cl)c2)n1. The first-order valence-electron chi connectivity index (χ1n) is 5.12. The topological polar surface area (TPSA) is 37.8 Å². The summed E-state index contributed by atoms with van der Waals surface area (Å²) in [6, 6.07) is 7.64. The van der Waals surface area contributed by atoms with Crippen LogP contribution in [0, 0.1) is 6.92 Å². The van der Waals surface area contributed by atoms with Gasteiger partial charge in [-0.25, -0.2) is 9.97 Å². The highest BCUT2D eigenvalue weighted by molar-refractivity contribution is 9.10. The third kappa shape index (κ3) is 3.41. The van der Waals surface area contributed by atoms with Crippen molar-refractivity contribution in [2.45, 2.75) is 13.5 Å². The minimum Gasteiger partial charge on any atom is -0.379 e. The van der Waals surface area contributed by atoms with Crippen molar-refractivity contribution in [3.8, 4) is 0 Å². The Kier molecular flexibility index (Phi) is 3.97. The number of nitrogens with zero attached hydrogens (tertiary/aromatic N) is 2. The van der Waals surface area contributed by atoms with E-state index in [1.165, 1.54) is 0 Å². The zero-order valence-corrected chi connectivity index (χ0v) is 11.6. The van der Waals surface area contributed by atoms with Gasteiger partial charge in [0.15, 0.2) is 0 Å². The maximum absolute atomic E-state index is 6.01. The van der Waals surface area contributed by atoms with E-state index in [4.69, 9.17) is 11.6 Å². The Balaban J connectivity index is 2.05. The molecule has 0 saturated carbocycles. The van der Waals surface area contributed by atoms with Gasteiger partial charge < -0.3 is 5.32 Å². The number of anilines is 1. The highest BCUT2D eigenvalue weighted by Gasteiger charge is 2.00. The molecule has 0 saturated heterocycles. The van der Waals surface area contributed by atoms with Crippen LogP contribution in [0.4, 0.5) is 5.69 Å². The van der Waals surface area contributed by atoms with E-state index < -0.39 is 0 Å². The van der Waals surface area contributed by atoms with E-state index in [2.05, 4.69) is 31.2 Å². The van der Waals surface area contributed by atoms with Crippen molar-refractivity contribution in [3.05, 3.63) is 51.5 Å². The average Bonchev–Trinajstić information content (AvgIpc) is 2.31. The molecule has 0 bridgehead atoms. The molecule has 1 aromatic heterocycles. The molecule has 0 aliphatic heterocycles. The van der Waals surface area contributed by atoms with Crippen LogP contribution in [0.2, 0.25) is 5.02 Å². The summed E-state index contributed by atoms with van der Waals surface area (Å²) in [4.78, 5) is 8.37. The van der Waals surface area contributed by atoms with E-state index in [9.17, 15) is 0 Å². The van der Waals surface area contributed by atoms with Gasteiger partial charge in [0.2, 0.25) is 0 Å². The summed E-state index contributed by atoms with van der Waals surface area (Å²) in [7, 11) is 0. The van der Waals surface area contributed by atoms with Crippen molar-refractivity contribution in [2.75, 3.05) is 5.32 Å². The first-order valence-corrected chi connectivity index (χ1v) is 6.30. The zero-order valence-electron chi connectivity index (χ0n) is 9.24. The second kappa shape index (κ2) is 5.47. The minimum absolute atomic E-state index is 0.654. The molecule has 0 radical (unpaired) electrons. The Morgan fingerprint density at radius 3 is 2.88 bits per heavy atom. The van der Waals surface area contributed by atoms with Crippen LogP contribution in [-0.2, 0) is 6.54 Å². The minimum atomic E-state index is 0.654. The molecule has 1 heterocycles. The second-order valence-electron chi connectivity index (χ2n) is 3.58. The van der Waals surface area contributed by atoms with Gasteiger partial charge >= 0.3 is 0 Å². The van der Waals surface area contributed by atoms with Crippen molar-refractivity contribution in [1.82, 2.24) is 9.97 Å². The number of nitrogens with one attached hydrogen (secondary N) is 1. The van der Waals surface area contributed by atoms with Crippen molar-refractivity contribution in [1.29, 1.82) is 0 Å². The fourth-order valence-corrected chi connectivity index (χ4v) is 1.83. The van der Waals surface area contributed by atoms with Gasteiger partial charge in [0.25, 0.3) is 0 Å². The van der Waals surface area contributed by atoms with Crippen molar-refractivity contribution in [3.63, 3.8) is 0 Å². The van der Waals surface area contributed by atoms with E-state index in [1.54, 1.807) is 6.20 Å². The molecule has 0 aliphatic rings. The Bertz CT molecular complexity index is 531. The van der Waals surface area contributed by atoms with Gasteiger partial charge in [0.1, 0.15) is 5.82 Å². The summed E-state index contributed by atoms with van der Waals surface area (Å²) >= 11 is 9.36. The summed E-state index contributed by atoms with van der Waals surface area (Å²) in [6.45, 7) is 2.53. The summed E-state index contributed by atoms with van der Waals surface area (Å²) < 4.78 is 0.891. The number of hydrogen-bond acceptors (Lipinski definition) is 3. The third-order valence-electron chi connectivity index (χ3n) is 2.23. The van der Waals surface area contributed by atoms with Crippen molar-refractivity contribution in [2.24, 2.45) is 0 Å². The van der Waals surface area contributed by atoms with E-state index in [-0.39, 0.29) is 0 Å². The van der Waals surface area contributed by atoms with E-state index in [0.717, 1.165) is 21.7 Å². The van der Waals surface area contributed by atoms with Crippen LogP contribution >= 0.6 is 27.5 Å². The predicted molar refractivity (Wildman–Crippen MR) is 73.2 cm³/mol. The largest absolute Gasteiger partial charge is 0.379 e. The predicted octanol–water partition coefficient (Wildman–Crippen LogP) is 3.81. The molecule has 0 atom stereocenters. The second-order valence-corrected chi connectivity index (χ2v) is 4.84. The molecule has 1 aromatic carbocycles. The molecule has 0 amide bonds. The number of halogens is 2. The van der Waals surface area contributed by atoms with Crippen molar-refractivity contribution >= 4 is 33.2 Å². The average molecular weight is 313 g/mol. The Labute approximate surface area is 113 Å². The van der Waals surface area contributed by atoms with Crippen LogP contribution in [0.1, 0.15) is 11.5 Å². The smallest absolute Gasteiger partial charge is 0.125 e. The molecular weight excluding hydrogens is 302 g/mol. The molecule has 0 unspecified atom stereocenters. The van der Waals surface area contributed by atoms with E-state index >= 15 is 0 Å². The highest BCUT2D eigenvalue weighted by Crippen LogP contribution is 2.25. The molecule has 5 heteroatoms.